The van der Waals surface area contributed by atoms with Gasteiger partial charge in [-0.25, -0.2) is 0 Å². The highest BCUT2D eigenvalue weighted by atomic mass is 16.5. The number of ketones is 1. The zero-order chi connectivity index (χ0) is 18.4. The number of carbonyl (C=O) groups is 1. The molecule has 0 bridgehead atoms. The number of carbonyl (C=O) groups excluding carboxylic acids is 1. The van der Waals surface area contributed by atoms with Crippen molar-refractivity contribution in [3.63, 3.8) is 0 Å². The Balaban J connectivity index is 3.13. The van der Waals surface area contributed by atoms with Crippen molar-refractivity contribution >= 4 is 5.78 Å². The van der Waals surface area contributed by atoms with Crippen LogP contribution in [0.15, 0.2) is 23.8 Å². The van der Waals surface area contributed by atoms with E-state index in [9.17, 15) is 9.90 Å². The van der Waals surface area contributed by atoms with E-state index < -0.39 is 5.41 Å². The maximum Gasteiger partial charge on any atom is 0.145 e. The van der Waals surface area contributed by atoms with Gasteiger partial charge in [-0.2, -0.15) is 0 Å². The molecule has 0 spiro atoms. The summed E-state index contributed by atoms with van der Waals surface area (Å²) in [4.78, 5) is 12.7. The molecule has 3 nitrogen and oxygen atoms in total. The van der Waals surface area contributed by atoms with Gasteiger partial charge in [-0.05, 0) is 51.4 Å². The highest BCUT2D eigenvalue weighted by molar-refractivity contribution is 5.86. The van der Waals surface area contributed by atoms with E-state index in [-0.39, 0.29) is 18.0 Å². The summed E-state index contributed by atoms with van der Waals surface area (Å²) in [7, 11) is 1.76. The Bertz CT molecular complexity index is 477. The molecule has 0 aromatic carbocycles. The fourth-order valence-electron chi connectivity index (χ4n) is 3.17. The van der Waals surface area contributed by atoms with Crippen LogP contribution in [0.3, 0.4) is 0 Å². The van der Waals surface area contributed by atoms with Crippen LogP contribution in [0.4, 0.5) is 0 Å². The van der Waals surface area contributed by atoms with Gasteiger partial charge in [-0.1, -0.05) is 44.6 Å². The quantitative estimate of drug-likeness (QED) is 0.760. The summed E-state index contributed by atoms with van der Waals surface area (Å²) in [5, 5.41) is 9.84. The van der Waals surface area contributed by atoms with Gasteiger partial charge < -0.3 is 9.84 Å². The lowest BCUT2D eigenvalue weighted by Gasteiger charge is -2.29. The van der Waals surface area contributed by atoms with Crippen molar-refractivity contribution in [1.82, 2.24) is 0 Å². The van der Waals surface area contributed by atoms with Crippen LogP contribution in [0.25, 0.3) is 0 Å². The van der Waals surface area contributed by atoms with Gasteiger partial charge in [0.05, 0.1) is 12.2 Å². The third-order valence-corrected chi connectivity index (χ3v) is 5.64. The number of ether oxygens (including phenoxy) is 1. The van der Waals surface area contributed by atoms with Gasteiger partial charge in [0.2, 0.25) is 0 Å². The summed E-state index contributed by atoms with van der Waals surface area (Å²) in [6.07, 6.45) is 10.4. The van der Waals surface area contributed by atoms with E-state index in [1.807, 2.05) is 13.8 Å². The second kappa shape index (κ2) is 8.96. The normalized spacial score (nSPS) is 37.1. The minimum Gasteiger partial charge on any atom is -0.395 e. The molecule has 0 fully saturated rings. The molecule has 0 radical (unpaired) electrons. The molecule has 0 saturated carbocycles. The lowest BCUT2D eigenvalue weighted by atomic mass is 9.76. The van der Waals surface area contributed by atoms with Gasteiger partial charge in [0.1, 0.15) is 5.78 Å². The number of aliphatic hydroxyl groups excluding tert-OH is 1. The largest absolute Gasteiger partial charge is 0.395 e. The highest BCUT2D eigenvalue weighted by Gasteiger charge is 2.33. The van der Waals surface area contributed by atoms with Gasteiger partial charge in [0.15, 0.2) is 0 Å². The topological polar surface area (TPSA) is 46.5 Å². The van der Waals surface area contributed by atoms with Crippen molar-refractivity contribution in [3.8, 4) is 0 Å². The first-order valence-corrected chi connectivity index (χ1v) is 9.20. The molecule has 0 saturated heterocycles. The standard InChI is InChI=1S/C21H36O3/c1-16(2)18-9-12-20(4,15-22)19(23)14-17(3)8-7-11-21(5,24-6)13-10-18/h8,10,13,16,18,22H,7,9,11-12,14-15H2,1-6H3/b13-10+,17-8+/t18?,20-,21-/m1/s1. The minimum atomic E-state index is -0.644. The van der Waals surface area contributed by atoms with Crippen LogP contribution in [0, 0.1) is 17.3 Å². The average molecular weight is 337 g/mol. The molecule has 3 heteroatoms. The van der Waals surface area contributed by atoms with Crippen molar-refractivity contribution in [1.29, 1.82) is 0 Å². The summed E-state index contributed by atoms with van der Waals surface area (Å²) >= 11 is 0. The van der Waals surface area contributed by atoms with Gasteiger partial charge >= 0.3 is 0 Å². The lowest BCUT2D eigenvalue weighted by Crippen LogP contribution is -2.32. The number of allylic oxidation sites excluding steroid dienone is 3. The van der Waals surface area contributed by atoms with Crippen LogP contribution in [-0.2, 0) is 9.53 Å². The fraction of sp³-hybridized carbons (Fsp3) is 0.762. The number of hydrogen-bond donors (Lipinski definition) is 1. The molecule has 1 N–H and O–H groups in total. The predicted molar refractivity (Wildman–Crippen MR) is 99.9 cm³/mol. The molecular formula is C21H36O3. The molecule has 0 aromatic heterocycles. The van der Waals surface area contributed by atoms with E-state index in [1.54, 1.807) is 7.11 Å². The maximum absolute atomic E-state index is 12.7. The number of hydrogen-bond acceptors (Lipinski definition) is 3. The first-order valence-electron chi connectivity index (χ1n) is 9.20. The Labute approximate surface area is 148 Å². The molecule has 3 atom stereocenters. The van der Waals surface area contributed by atoms with Crippen molar-refractivity contribution in [2.75, 3.05) is 13.7 Å². The van der Waals surface area contributed by atoms with E-state index in [0.29, 0.717) is 24.7 Å². The molecule has 0 heterocycles. The molecule has 0 amide bonds. The lowest BCUT2D eigenvalue weighted by molar-refractivity contribution is -0.130. The van der Waals surface area contributed by atoms with E-state index in [1.165, 1.54) is 0 Å². The number of Topliss-reactive ketones (excluding diaryl/α,β-unsaturated/α-hetero) is 1. The summed E-state index contributed by atoms with van der Waals surface area (Å²) in [6.45, 7) is 10.4. The summed E-state index contributed by atoms with van der Waals surface area (Å²) in [6, 6.07) is 0. The fourth-order valence-corrected chi connectivity index (χ4v) is 3.17. The van der Waals surface area contributed by atoms with Crippen LogP contribution >= 0.6 is 0 Å². The first-order chi connectivity index (χ1) is 11.2. The third-order valence-electron chi connectivity index (χ3n) is 5.64. The predicted octanol–water partition coefficient (Wildman–Crippen LogP) is 4.70. The molecule has 138 valence electrons. The molecule has 1 aliphatic rings. The summed E-state index contributed by atoms with van der Waals surface area (Å²) < 4.78 is 5.74. The Morgan fingerprint density at radius 3 is 2.54 bits per heavy atom. The van der Waals surface area contributed by atoms with Crippen LogP contribution in [-0.4, -0.2) is 30.2 Å². The van der Waals surface area contributed by atoms with Gasteiger partial charge in [0.25, 0.3) is 0 Å². The van der Waals surface area contributed by atoms with Crippen molar-refractivity contribution in [2.24, 2.45) is 17.3 Å². The second-order valence-corrected chi connectivity index (χ2v) is 8.23. The first kappa shape index (κ1) is 21.1. The Morgan fingerprint density at radius 2 is 2.00 bits per heavy atom. The van der Waals surface area contributed by atoms with Crippen molar-refractivity contribution < 1.29 is 14.6 Å². The maximum atomic E-state index is 12.7. The molecule has 1 unspecified atom stereocenters. The van der Waals surface area contributed by atoms with Gasteiger partial charge in [0, 0.05) is 18.9 Å². The number of rotatable bonds is 3. The molecule has 0 aromatic rings. The SMILES string of the molecule is CO[C@@]1(C)/C=C/C(C(C)C)CC[C@](C)(CO)C(=O)C/C(C)=C/CC1. The van der Waals surface area contributed by atoms with E-state index in [2.05, 4.69) is 39.0 Å². The highest BCUT2D eigenvalue weighted by Crippen LogP contribution is 2.33. The van der Waals surface area contributed by atoms with Gasteiger partial charge in [-0.15, -0.1) is 0 Å². The van der Waals surface area contributed by atoms with E-state index in [4.69, 9.17) is 4.74 Å². The van der Waals surface area contributed by atoms with Crippen LogP contribution in [0.1, 0.15) is 66.7 Å². The second-order valence-electron chi connectivity index (χ2n) is 8.23. The van der Waals surface area contributed by atoms with E-state index in [0.717, 1.165) is 24.8 Å². The average Bonchev–Trinajstić information content (AvgIpc) is 2.53. The molecule has 1 rings (SSSR count). The van der Waals surface area contributed by atoms with Crippen LogP contribution < -0.4 is 0 Å². The Kier molecular flexibility index (Phi) is 7.88. The number of aliphatic hydroxyl groups is 1. The Morgan fingerprint density at radius 1 is 1.33 bits per heavy atom. The third kappa shape index (κ3) is 5.86. The summed E-state index contributed by atoms with van der Waals surface area (Å²) in [5.74, 6) is 1.03. The van der Waals surface area contributed by atoms with Crippen LogP contribution in [0.2, 0.25) is 0 Å². The molecule has 1 aliphatic carbocycles. The van der Waals surface area contributed by atoms with Gasteiger partial charge in [-0.3, -0.25) is 4.79 Å². The zero-order valence-corrected chi connectivity index (χ0v) is 16.4. The zero-order valence-electron chi connectivity index (χ0n) is 16.4. The monoisotopic (exact) mass is 336 g/mol. The Hall–Kier alpha value is -0.930. The van der Waals surface area contributed by atoms with Crippen molar-refractivity contribution in [3.05, 3.63) is 23.8 Å². The van der Waals surface area contributed by atoms with E-state index >= 15 is 0 Å². The molecular weight excluding hydrogens is 300 g/mol. The smallest absolute Gasteiger partial charge is 0.145 e. The van der Waals surface area contributed by atoms with Crippen LogP contribution in [0.5, 0.6) is 0 Å². The molecule has 0 aliphatic heterocycles. The summed E-state index contributed by atoms with van der Waals surface area (Å²) in [5.41, 5.74) is 0.165. The minimum absolute atomic E-state index is 0.0799. The number of methoxy groups -OCH3 is 1. The molecule has 24 heavy (non-hydrogen) atoms. The van der Waals surface area contributed by atoms with Crippen molar-refractivity contribution in [2.45, 2.75) is 72.3 Å².